The van der Waals surface area contributed by atoms with Crippen LogP contribution in [-0.4, -0.2) is 11.0 Å². The molecule has 1 saturated carbocycles. The average Bonchev–Trinajstić information content (AvgIpc) is 3.01. The van der Waals surface area contributed by atoms with Crippen LogP contribution in [0.5, 0.6) is 0 Å². The normalized spacial score (nSPS) is 22.3. The van der Waals surface area contributed by atoms with E-state index < -0.39 is 10.7 Å². The highest BCUT2D eigenvalue weighted by Gasteiger charge is 2.36. The van der Waals surface area contributed by atoms with Gasteiger partial charge in [0.25, 0.3) is 5.69 Å². The molecule has 1 aromatic carbocycles. The van der Waals surface area contributed by atoms with Gasteiger partial charge in [-0.2, -0.15) is 0 Å². The minimum absolute atomic E-state index is 0.105. The number of hydrogen-bond donors (Lipinski definition) is 1. The van der Waals surface area contributed by atoms with Gasteiger partial charge in [0.05, 0.1) is 16.0 Å². The first-order chi connectivity index (χ1) is 8.02. The Kier molecular flexibility index (Phi) is 3.19. The van der Waals surface area contributed by atoms with E-state index in [9.17, 15) is 14.5 Å². The topological polar surface area (TPSA) is 55.2 Å². The maximum Gasteiger partial charge on any atom is 0.295 e. The number of nitrogens with zero attached hydrogens (tertiary/aromatic N) is 1. The van der Waals surface area contributed by atoms with E-state index in [-0.39, 0.29) is 16.8 Å². The molecule has 1 N–H and O–H groups in total. The molecule has 0 aliphatic heterocycles. The fraction of sp³-hybridized carbons (Fsp3) is 0.455. The van der Waals surface area contributed by atoms with Crippen LogP contribution in [0.15, 0.2) is 12.1 Å². The van der Waals surface area contributed by atoms with Gasteiger partial charge in [-0.25, -0.2) is 4.39 Å². The van der Waals surface area contributed by atoms with E-state index in [4.69, 9.17) is 11.6 Å². The number of benzene rings is 1. The van der Waals surface area contributed by atoms with E-state index >= 15 is 0 Å². The Morgan fingerprint density at radius 3 is 2.88 bits per heavy atom. The summed E-state index contributed by atoms with van der Waals surface area (Å²) in [6.45, 7) is 2.07. The molecule has 0 heterocycles. The van der Waals surface area contributed by atoms with Crippen LogP contribution in [0.2, 0.25) is 5.02 Å². The van der Waals surface area contributed by atoms with E-state index in [1.807, 2.05) is 0 Å². The quantitative estimate of drug-likeness (QED) is 0.663. The standard InChI is InChI=1S/C11H12ClFN2O2/c1-2-6-3-9(6)14-10-4-7(12)8(13)5-11(10)15(16)17/h4-6,9,14H,2-3H2,1H3. The highest BCUT2D eigenvalue weighted by Crippen LogP contribution is 2.39. The van der Waals surface area contributed by atoms with Crippen molar-refractivity contribution in [3.8, 4) is 0 Å². The average molecular weight is 259 g/mol. The molecule has 1 fully saturated rings. The number of nitro groups is 1. The number of halogens is 2. The number of nitrogens with one attached hydrogen (secondary N) is 1. The van der Waals surface area contributed by atoms with Gasteiger partial charge in [-0.3, -0.25) is 10.1 Å². The van der Waals surface area contributed by atoms with Gasteiger partial charge in [-0.05, 0) is 18.4 Å². The second-order valence-corrected chi connectivity index (χ2v) is 4.60. The van der Waals surface area contributed by atoms with Crippen molar-refractivity contribution in [2.45, 2.75) is 25.8 Å². The lowest BCUT2D eigenvalue weighted by atomic mass is 10.2. The van der Waals surface area contributed by atoms with E-state index in [1.54, 1.807) is 0 Å². The zero-order valence-electron chi connectivity index (χ0n) is 9.24. The summed E-state index contributed by atoms with van der Waals surface area (Å²) in [6, 6.07) is 2.37. The van der Waals surface area contributed by atoms with Crippen LogP contribution < -0.4 is 5.32 Å². The van der Waals surface area contributed by atoms with Crippen LogP contribution in [0.3, 0.4) is 0 Å². The Morgan fingerprint density at radius 1 is 1.65 bits per heavy atom. The van der Waals surface area contributed by atoms with Gasteiger partial charge in [0.2, 0.25) is 0 Å². The number of rotatable bonds is 4. The lowest BCUT2D eigenvalue weighted by Crippen LogP contribution is -2.07. The van der Waals surface area contributed by atoms with E-state index in [0.29, 0.717) is 11.6 Å². The van der Waals surface area contributed by atoms with Crippen molar-refractivity contribution in [3.05, 3.63) is 33.1 Å². The largest absolute Gasteiger partial charge is 0.376 e. The Bertz CT molecular complexity index is 467. The molecule has 0 spiro atoms. The van der Waals surface area contributed by atoms with Crippen LogP contribution >= 0.6 is 11.6 Å². The monoisotopic (exact) mass is 258 g/mol. The number of nitro benzene ring substituents is 1. The SMILES string of the molecule is CCC1CC1Nc1cc(Cl)c(F)cc1[N+](=O)[O-]. The summed E-state index contributed by atoms with van der Waals surface area (Å²) in [4.78, 5) is 10.2. The predicted octanol–water partition coefficient (Wildman–Crippen LogP) is 3.60. The molecule has 0 bridgehead atoms. The van der Waals surface area contributed by atoms with Crippen LogP contribution in [-0.2, 0) is 0 Å². The molecule has 2 rings (SSSR count). The maximum atomic E-state index is 13.2. The van der Waals surface area contributed by atoms with Gasteiger partial charge < -0.3 is 5.32 Å². The maximum absolute atomic E-state index is 13.2. The molecule has 1 aromatic rings. The van der Waals surface area contributed by atoms with E-state index in [2.05, 4.69) is 12.2 Å². The van der Waals surface area contributed by atoms with Crippen molar-refractivity contribution in [1.82, 2.24) is 0 Å². The van der Waals surface area contributed by atoms with Gasteiger partial charge >= 0.3 is 0 Å². The second kappa shape index (κ2) is 4.49. The summed E-state index contributed by atoms with van der Waals surface area (Å²) in [5, 5.41) is 13.7. The molecule has 0 amide bonds. The van der Waals surface area contributed by atoms with Gasteiger partial charge in [0.15, 0.2) is 0 Å². The van der Waals surface area contributed by atoms with E-state index in [0.717, 1.165) is 18.9 Å². The molecule has 92 valence electrons. The smallest absolute Gasteiger partial charge is 0.295 e. The van der Waals surface area contributed by atoms with Gasteiger partial charge in [0, 0.05) is 6.04 Å². The molecule has 0 aromatic heterocycles. The summed E-state index contributed by atoms with van der Waals surface area (Å²) >= 11 is 5.63. The fourth-order valence-corrected chi connectivity index (χ4v) is 2.04. The molecule has 0 saturated heterocycles. The molecule has 17 heavy (non-hydrogen) atoms. The highest BCUT2D eigenvalue weighted by atomic mass is 35.5. The minimum Gasteiger partial charge on any atom is -0.376 e. The summed E-state index contributed by atoms with van der Waals surface area (Å²) in [7, 11) is 0. The molecule has 2 unspecified atom stereocenters. The van der Waals surface area contributed by atoms with Crippen LogP contribution in [0.25, 0.3) is 0 Å². The van der Waals surface area contributed by atoms with Crippen molar-refractivity contribution < 1.29 is 9.31 Å². The van der Waals surface area contributed by atoms with Crippen molar-refractivity contribution in [2.75, 3.05) is 5.32 Å². The lowest BCUT2D eigenvalue weighted by Gasteiger charge is -2.07. The Balaban J connectivity index is 2.25. The molecule has 4 nitrogen and oxygen atoms in total. The molecule has 2 atom stereocenters. The van der Waals surface area contributed by atoms with Crippen molar-refractivity contribution in [1.29, 1.82) is 0 Å². The minimum atomic E-state index is -0.772. The third kappa shape index (κ3) is 2.49. The van der Waals surface area contributed by atoms with Gasteiger partial charge in [-0.15, -0.1) is 0 Å². The molecular formula is C11H12ClFN2O2. The Hall–Kier alpha value is -1.36. The van der Waals surface area contributed by atoms with Gasteiger partial charge in [0.1, 0.15) is 11.5 Å². The zero-order chi connectivity index (χ0) is 12.6. The van der Waals surface area contributed by atoms with Crippen LogP contribution in [0.1, 0.15) is 19.8 Å². The number of anilines is 1. The predicted molar refractivity (Wildman–Crippen MR) is 63.9 cm³/mol. The molecule has 1 aliphatic rings. The van der Waals surface area contributed by atoms with Crippen molar-refractivity contribution >= 4 is 23.0 Å². The highest BCUT2D eigenvalue weighted by molar-refractivity contribution is 6.31. The summed E-state index contributed by atoms with van der Waals surface area (Å²) in [5.74, 6) is -0.231. The van der Waals surface area contributed by atoms with Crippen LogP contribution in [0.4, 0.5) is 15.8 Å². The lowest BCUT2D eigenvalue weighted by molar-refractivity contribution is -0.384. The van der Waals surface area contributed by atoms with Crippen molar-refractivity contribution in [2.24, 2.45) is 5.92 Å². The first-order valence-corrected chi connectivity index (χ1v) is 5.80. The number of hydrogen-bond acceptors (Lipinski definition) is 3. The third-order valence-corrected chi connectivity index (χ3v) is 3.31. The third-order valence-electron chi connectivity index (χ3n) is 3.02. The Morgan fingerprint density at radius 2 is 2.35 bits per heavy atom. The summed E-state index contributed by atoms with van der Waals surface area (Å²) in [6.07, 6.45) is 2.02. The molecule has 6 heteroatoms. The second-order valence-electron chi connectivity index (χ2n) is 4.20. The van der Waals surface area contributed by atoms with Crippen molar-refractivity contribution in [3.63, 3.8) is 0 Å². The molecular weight excluding hydrogens is 247 g/mol. The van der Waals surface area contributed by atoms with Gasteiger partial charge in [-0.1, -0.05) is 24.9 Å². The summed E-state index contributed by atoms with van der Waals surface area (Å²) in [5.41, 5.74) is 0.0241. The Labute approximate surface area is 103 Å². The first kappa shape index (κ1) is 12.1. The summed E-state index contributed by atoms with van der Waals surface area (Å²) < 4.78 is 13.2. The fourth-order valence-electron chi connectivity index (χ4n) is 1.88. The van der Waals surface area contributed by atoms with Crippen LogP contribution in [0, 0.1) is 21.8 Å². The first-order valence-electron chi connectivity index (χ1n) is 5.43. The molecule has 0 radical (unpaired) electrons. The molecule has 1 aliphatic carbocycles. The zero-order valence-corrected chi connectivity index (χ0v) is 10.00. The van der Waals surface area contributed by atoms with E-state index in [1.165, 1.54) is 6.07 Å².